The number of carbonyl (C=O) groups is 3. The minimum atomic E-state index is -4.43. The van der Waals surface area contributed by atoms with E-state index in [-0.39, 0.29) is 28.2 Å². The number of likely N-dealkylation sites (tertiary alicyclic amines) is 1. The molecule has 56 heavy (non-hydrogen) atoms. The molecule has 0 unspecified atom stereocenters. The predicted octanol–water partition coefficient (Wildman–Crippen LogP) is 10.6. The first-order valence-corrected chi connectivity index (χ1v) is 19.0. The molecule has 1 saturated heterocycles. The molecule has 4 aromatic carbocycles. The Morgan fingerprint density at radius 3 is 1.95 bits per heavy atom. The lowest BCUT2D eigenvalue weighted by Crippen LogP contribution is -2.41. The van der Waals surface area contributed by atoms with E-state index >= 15 is 0 Å². The number of hydrogen-bond acceptors (Lipinski definition) is 5. The number of alkyl halides is 3. The molecule has 5 rings (SSSR count). The third-order valence-corrected chi connectivity index (χ3v) is 10.0. The summed E-state index contributed by atoms with van der Waals surface area (Å²) >= 11 is 0. The molecule has 2 N–H and O–H groups in total. The molecule has 1 aliphatic heterocycles. The van der Waals surface area contributed by atoms with E-state index in [4.69, 9.17) is 9.47 Å². The number of carboxylic acids is 1. The van der Waals surface area contributed by atoms with Gasteiger partial charge in [-0.25, -0.2) is 9.59 Å². The number of nitrogens with zero attached hydrogens (tertiary/aromatic N) is 1. The molecule has 0 radical (unpaired) electrons. The number of piperidine rings is 1. The number of halogens is 3. The lowest BCUT2D eigenvalue weighted by molar-refractivity contribution is -0.137. The Balaban J connectivity index is 1.17. The third-order valence-electron chi connectivity index (χ3n) is 10.0. The molecular weight excluding hydrogens is 721 g/mol. The van der Waals surface area contributed by atoms with Crippen molar-refractivity contribution in [2.24, 2.45) is 10.8 Å². The lowest BCUT2D eigenvalue weighted by atomic mass is 9.86. The van der Waals surface area contributed by atoms with Gasteiger partial charge in [-0.1, -0.05) is 76.2 Å². The van der Waals surface area contributed by atoms with Crippen LogP contribution < -0.4 is 5.32 Å². The summed E-state index contributed by atoms with van der Waals surface area (Å²) < 4.78 is 50.7. The van der Waals surface area contributed by atoms with Gasteiger partial charge in [-0.3, -0.25) is 4.79 Å². The van der Waals surface area contributed by atoms with Crippen LogP contribution in [0.3, 0.4) is 0 Å². The van der Waals surface area contributed by atoms with Crippen LogP contribution in [0.25, 0.3) is 33.0 Å². The van der Waals surface area contributed by atoms with Crippen LogP contribution in [-0.2, 0) is 20.4 Å². The van der Waals surface area contributed by atoms with Crippen molar-refractivity contribution < 1.29 is 42.1 Å². The minimum absolute atomic E-state index is 0.102. The molecule has 11 heteroatoms. The van der Waals surface area contributed by atoms with Gasteiger partial charge in [0.2, 0.25) is 5.91 Å². The van der Waals surface area contributed by atoms with Gasteiger partial charge in [0.05, 0.1) is 24.3 Å². The zero-order valence-corrected chi connectivity index (χ0v) is 33.3. The maximum Gasteiger partial charge on any atom is 0.416 e. The highest BCUT2D eigenvalue weighted by Gasteiger charge is 2.31. The van der Waals surface area contributed by atoms with E-state index < -0.39 is 29.4 Å². The average molecular weight is 775 g/mol. The van der Waals surface area contributed by atoms with Crippen molar-refractivity contribution in [1.29, 1.82) is 0 Å². The van der Waals surface area contributed by atoms with Gasteiger partial charge in [0.1, 0.15) is 5.60 Å². The van der Waals surface area contributed by atoms with Crippen molar-refractivity contribution in [2.75, 3.05) is 32.8 Å². The molecule has 0 spiro atoms. The van der Waals surface area contributed by atoms with Crippen LogP contribution in [0, 0.1) is 10.8 Å². The van der Waals surface area contributed by atoms with Gasteiger partial charge in [0.25, 0.3) is 0 Å². The maximum atomic E-state index is 13.4. The first-order valence-electron chi connectivity index (χ1n) is 19.0. The maximum absolute atomic E-state index is 13.4. The Labute approximate surface area is 327 Å². The van der Waals surface area contributed by atoms with Crippen molar-refractivity contribution in [3.63, 3.8) is 0 Å². The molecule has 0 saturated carbocycles. The number of aromatic carboxylic acids is 1. The van der Waals surface area contributed by atoms with E-state index in [1.165, 1.54) is 12.1 Å². The summed E-state index contributed by atoms with van der Waals surface area (Å²) in [6, 6.07) is 21.8. The van der Waals surface area contributed by atoms with Crippen LogP contribution in [0.2, 0.25) is 0 Å². The Hall–Kier alpha value is -4.90. The average Bonchev–Trinajstić information content (AvgIpc) is 3.12. The highest BCUT2D eigenvalue weighted by atomic mass is 19.4. The molecule has 4 aromatic rings. The molecule has 8 nitrogen and oxygen atoms in total. The van der Waals surface area contributed by atoms with Gasteiger partial charge < -0.3 is 24.8 Å². The predicted molar refractivity (Wildman–Crippen MR) is 213 cm³/mol. The van der Waals surface area contributed by atoms with E-state index in [1.807, 2.05) is 77.6 Å². The first kappa shape index (κ1) is 42.2. The summed E-state index contributed by atoms with van der Waals surface area (Å²) in [6.07, 6.45) is -2.89. The topological polar surface area (TPSA) is 105 Å². The van der Waals surface area contributed by atoms with Crippen molar-refractivity contribution in [3.8, 4) is 22.3 Å². The van der Waals surface area contributed by atoms with E-state index in [0.717, 1.165) is 47.1 Å². The van der Waals surface area contributed by atoms with Gasteiger partial charge >= 0.3 is 18.2 Å². The quantitative estimate of drug-likeness (QED) is 0.148. The van der Waals surface area contributed by atoms with Gasteiger partial charge in [0, 0.05) is 31.5 Å². The molecule has 1 aliphatic rings. The molecule has 300 valence electrons. The number of amides is 2. The molecule has 0 aliphatic carbocycles. The van der Waals surface area contributed by atoms with E-state index in [9.17, 15) is 32.7 Å². The molecule has 0 aromatic heterocycles. The summed E-state index contributed by atoms with van der Waals surface area (Å²) in [6.45, 7) is 16.0. The van der Waals surface area contributed by atoms with Crippen molar-refractivity contribution >= 4 is 28.7 Å². The number of benzene rings is 4. The highest BCUT2D eigenvalue weighted by molar-refractivity contribution is 6.04. The van der Waals surface area contributed by atoms with Crippen LogP contribution >= 0.6 is 0 Å². The fraction of sp³-hybridized carbons (Fsp3) is 0.444. The lowest BCUT2D eigenvalue weighted by Gasteiger charge is -2.35. The van der Waals surface area contributed by atoms with Crippen LogP contribution in [0.15, 0.2) is 78.9 Å². The summed E-state index contributed by atoms with van der Waals surface area (Å²) in [5.74, 6) is -0.699. The first-order chi connectivity index (χ1) is 26.1. The van der Waals surface area contributed by atoms with Crippen LogP contribution in [0.4, 0.5) is 18.0 Å². The second kappa shape index (κ2) is 16.7. The number of nitrogens with one attached hydrogen (secondary N) is 1. The summed E-state index contributed by atoms with van der Waals surface area (Å²) in [4.78, 5) is 39.5. The van der Waals surface area contributed by atoms with Gasteiger partial charge in [-0.2, -0.15) is 13.2 Å². The Kier molecular flexibility index (Phi) is 12.6. The number of fused-ring (bicyclic) bond motifs is 1. The van der Waals surface area contributed by atoms with Crippen LogP contribution in [0.5, 0.6) is 0 Å². The molecule has 0 bridgehead atoms. The standard InChI is InChI=1S/C45H53F3N2O6/c1-42(2,3)56-41(54)49-26-44(6,7)28-55-27-43(4,5)25-39(51)50-20-18-31(19-21-50)29-8-10-32(11-9-29)38-24-35(40(52)53)23-34-22-33(14-17-37(34)38)30-12-15-36(16-13-30)45(46,47)48/h8-17,22-24,31H,18-21,25-28H2,1-7H3,(H,49,54)(H,52,53). The fourth-order valence-corrected chi connectivity index (χ4v) is 7.01. The molecular formula is C45H53F3N2O6. The number of alkyl carbamates (subject to hydrolysis) is 1. The monoisotopic (exact) mass is 774 g/mol. The number of hydrogen-bond donors (Lipinski definition) is 2. The van der Waals surface area contributed by atoms with E-state index in [0.29, 0.717) is 55.8 Å². The minimum Gasteiger partial charge on any atom is -0.478 e. The summed E-state index contributed by atoms with van der Waals surface area (Å²) in [5.41, 5.74) is 2.16. The Morgan fingerprint density at radius 1 is 0.768 bits per heavy atom. The zero-order chi connectivity index (χ0) is 41.1. The van der Waals surface area contributed by atoms with E-state index in [1.54, 1.807) is 18.2 Å². The summed E-state index contributed by atoms with van der Waals surface area (Å²) in [5, 5.41) is 14.2. The van der Waals surface area contributed by atoms with Crippen molar-refractivity contribution in [1.82, 2.24) is 10.2 Å². The van der Waals surface area contributed by atoms with Crippen molar-refractivity contribution in [3.05, 3.63) is 95.6 Å². The number of rotatable bonds is 12. The second-order valence-corrected chi connectivity index (χ2v) is 17.5. The summed E-state index contributed by atoms with van der Waals surface area (Å²) in [7, 11) is 0. The number of carboxylic acid groups (broad SMARTS) is 1. The number of ether oxygens (including phenoxy) is 2. The Morgan fingerprint density at radius 2 is 1.36 bits per heavy atom. The van der Waals surface area contributed by atoms with Crippen LogP contribution in [-0.4, -0.2) is 66.4 Å². The number of carbonyl (C=O) groups excluding carboxylic acids is 2. The normalized spacial score (nSPS) is 14.5. The van der Waals surface area contributed by atoms with Gasteiger partial charge in [0.15, 0.2) is 0 Å². The smallest absolute Gasteiger partial charge is 0.416 e. The van der Waals surface area contributed by atoms with Gasteiger partial charge in [-0.05, 0) is 114 Å². The largest absolute Gasteiger partial charge is 0.478 e. The molecule has 2 amide bonds. The molecule has 1 heterocycles. The highest BCUT2D eigenvalue weighted by Crippen LogP contribution is 2.37. The second-order valence-electron chi connectivity index (χ2n) is 17.5. The zero-order valence-electron chi connectivity index (χ0n) is 33.3. The third kappa shape index (κ3) is 11.3. The van der Waals surface area contributed by atoms with Crippen LogP contribution in [0.1, 0.15) is 95.1 Å². The van der Waals surface area contributed by atoms with Gasteiger partial charge in [-0.15, -0.1) is 0 Å². The van der Waals surface area contributed by atoms with Crippen molar-refractivity contribution in [2.45, 2.75) is 85.4 Å². The van der Waals surface area contributed by atoms with E-state index in [2.05, 4.69) is 17.4 Å². The SMILES string of the molecule is CC(C)(CNC(=O)OC(C)(C)C)COCC(C)(C)CC(=O)N1CCC(c2ccc(-c3cc(C(=O)O)cc4cc(-c5ccc(C(F)(F)F)cc5)ccc34)cc2)CC1. The molecule has 0 atom stereocenters. The Bertz CT molecular complexity index is 2020. The fourth-order valence-electron chi connectivity index (χ4n) is 7.01. The molecule has 1 fully saturated rings.